The second kappa shape index (κ2) is 3.01. The van der Waals surface area contributed by atoms with Crippen molar-refractivity contribution in [2.45, 2.75) is 12.0 Å². The van der Waals surface area contributed by atoms with Crippen LogP contribution < -0.4 is 0 Å². The van der Waals surface area contributed by atoms with E-state index < -0.39 is 0 Å². The molecule has 0 aromatic heterocycles. The zero-order chi connectivity index (χ0) is 11.4. The predicted octanol–water partition coefficient (Wildman–Crippen LogP) is 2.85. The summed E-state index contributed by atoms with van der Waals surface area (Å²) >= 11 is 0. The number of rotatable bonds is 0. The van der Waals surface area contributed by atoms with Gasteiger partial charge in [-0.2, -0.15) is 5.26 Å². The average Bonchev–Trinajstić information content (AvgIpc) is 2.77. The van der Waals surface area contributed by atoms with E-state index in [2.05, 4.69) is 24.3 Å². The maximum atomic E-state index is 9.24. The summed E-state index contributed by atoms with van der Waals surface area (Å²) in [5.41, 5.74) is 3.19. The number of nitrogens with zero attached hydrogens (tertiary/aromatic N) is 1. The molecular formula is C15H11NO. The first-order valence-electron chi connectivity index (χ1n) is 5.93. The normalized spacial score (nSPS) is 35.6. The first-order chi connectivity index (χ1) is 8.40. The molecular weight excluding hydrogens is 210 g/mol. The minimum Gasteiger partial charge on any atom is -0.497 e. The summed E-state index contributed by atoms with van der Waals surface area (Å²) in [6.45, 7) is 0. The van der Waals surface area contributed by atoms with Gasteiger partial charge < -0.3 is 4.74 Å². The Labute approximate surface area is 99.8 Å². The van der Waals surface area contributed by atoms with Crippen molar-refractivity contribution in [1.82, 2.24) is 0 Å². The highest BCUT2D eigenvalue weighted by Crippen LogP contribution is 2.57. The molecule has 0 spiro atoms. The molecule has 1 heterocycles. The Morgan fingerprint density at radius 1 is 1.18 bits per heavy atom. The fourth-order valence-corrected chi connectivity index (χ4v) is 3.42. The van der Waals surface area contributed by atoms with Gasteiger partial charge in [-0.05, 0) is 23.1 Å². The minimum atomic E-state index is 0.289. The van der Waals surface area contributed by atoms with E-state index in [0.717, 1.165) is 11.1 Å². The summed E-state index contributed by atoms with van der Waals surface area (Å²) in [6, 6.07) is 10.5. The van der Waals surface area contributed by atoms with Crippen molar-refractivity contribution < 1.29 is 4.74 Å². The quantitative estimate of drug-likeness (QED) is 0.675. The number of allylic oxidation sites excluding steroid dienone is 2. The van der Waals surface area contributed by atoms with Crippen molar-refractivity contribution in [2.24, 2.45) is 11.8 Å². The molecule has 0 bridgehead atoms. The summed E-state index contributed by atoms with van der Waals surface area (Å²) in [6.07, 6.45) is 6.37. The molecule has 82 valence electrons. The summed E-state index contributed by atoms with van der Waals surface area (Å²) < 4.78 is 5.65. The zero-order valence-electron chi connectivity index (χ0n) is 9.21. The van der Waals surface area contributed by atoms with Gasteiger partial charge in [0, 0.05) is 11.8 Å². The van der Waals surface area contributed by atoms with Gasteiger partial charge in [-0.25, -0.2) is 0 Å². The van der Waals surface area contributed by atoms with E-state index in [1.165, 1.54) is 5.56 Å². The molecule has 0 saturated heterocycles. The lowest BCUT2D eigenvalue weighted by molar-refractivity contribution is -0.00192. The smallest absolute Gasteiger partial charge is 0.112 e. The molecule has 2 nitrogen and oxygen atoms in total. The molecule has 3 aliphatic rings. The van der Waals surface area contributed by atoms with Gasteiger partial charge in [0.15, 0.2) is 0 Å². The van der Waals surface area contributed by atoms with Crippen LogP contribution in [0.5, 0.6) is 0 Å². The Bertz CT molecular complexity index is 593. The number of fused-ring (bicyclic) bond motifs is 6. The van der Waals surface area contributed by atoms with Crippen LogP contribution in [0.3, 0.4) is 0 Å². The fraction of sp³-hybridized carbons (Fsp3) is 0.267. The van der Waals surface area contributed by atoms with E-state index in [-0.39, 0.29) is 6.10 Å². The third-order valence-corrected chi connectivity index (χ3v) is 4.22. The van der Waals surface area contributed by atoms with Crippen LogP contribution in [0.2, 0.25) is 0 Å². The van der Waals surface area contributed by atoms with Gasteiger partial charge in [0.05, 0.1) is 17.9 Å². The molecule has 0 N–H and O–H groups in total. The van der Waals surface area contributed by atoms with Crippen molar-refractivity contribution in [3.63, 3.8) is 0 Å². The highest BCUT2D eigenvalue weighted by Gasteiger charge is 2.54. The van der Waals surface area contributed by atoms with E-state index in [4.69, 9.17) is 4.74 Å². The second-order valence-corrected chi connectivity index (χ2v) is 4.89. The molecule has 0 radical (unpaired) electrons. The standard InChI is InChI=1S/C15H11NO/c16-8-9-7-13-12-5-6-17-15(12)14(13)11-4-2-1-3-10(9)11/h1-7,12-15H/t12-,13+,14+,15-/m0/s1. The fourth-order valence-electron chi connectivity index (χ4n) is 3.42. The molecule has 1 saturated carbocycles. The summed E-state index contributed by atoms with van der Waals surface area (Å²) in [4.78, 5) is 0. The van der Waals surface area contributed by atoms with E-state index >= 15 is 0 Å². The van der Waals surface area contributed by atoms with Gasteiger partial charge in [-0.3, -0.25) is 0 Å². The third-order valence-electron chi connectivity index (χ3n) is 4.22. The van der Waals surface area contributed by atoms with Gasteiger partial charge in [0.25, 0.3) is 0 Å². The van der Waals surface area contributed by atoms with Crippen LogP contribution in [0.25, 0.3) is 5.57 Å². The molecule has 2 aliphatic carbocycles. The Morgan fingerprint density at radius 2 is 2.06 bits per heavy atom. The van der Waals surface area contributed by atoms with Crippen LogP contribution in [-0.2, 0) is 4.74 Å². The Balaban J connectivity index is 1.89. The van der Waals surface area contributed by atoms with E-state index in [0.29, 0.717) is 17.8 Å². The lowest BCUT2D eigenvalue weighted by atomic mass is 9.57. The summed E-state index contributed by atoms with van der Waals surface area (Å²) in [5.74, 6) is 1.35. The van der Waals surface area contributed by atoms with Crippen molar-refractivity contribution >= 4 is 5.57 Å². The van der Waals surface area contributed by atoms with E-state index in [1.807, 2.05) is 24.5 Å². The lowest BCUT2D eigenvalue weighted by Crippen LogP contribution is -2.47. The van der Waals surface area contributed by atoms with E-state index in [9.17, 15) is 5.26 Å². The minimum absolute atomic E-state index is 0.289. The van der Waals surface area contributed by atoms with Gasteiger partial charge >= 0.3 is 0 Å². The number of ether oxygens (including phenoxy) is 1. The van der Waals surface area contributed by atoms with Crippen molar-refractivity contribution in [3.8, 4) is 6.07 Å². The highest BCUT2D eigenvalue weighted by atomic mass is 16.5. The second-order valence-electron chi connectivity index (χ2n) is 4.89. The molecule has 1 aliphatic heterocycles. The Hall–Kier alpha value is -2.01. The van der Waals surface area contributed by atoms with Crippen LogP contribution in [-0.4, -0.2) is 6.10 Å². The number of hydrogen-bond acceptors (Lipinski definition) is 2. The lowest BCUT2D eigenvalue weighted by Gasteiger charge is -2.48. The highest BCUT2D eigenvalue weighted by molar-refractivity contribution is 5.81. The average molecular weight is 221 g/mol. The zero-order valence-corrected chi connectivity index (χ0v) is 9.21. The largest absolute Gasteiger partial charge is 0.497 e. The van der Waals surface area contributed by atoms with Crippen molar-refractivity contribution in [2.75, 3.05) is 0 Å². The number of benzene rings is 1. The Kier molecular flexibility index (Phi) is 1.61. The van der Waals surface area contributed by atoms with Crippen molar-refractivity contribution in [1.29, 1.82) is 5.26 Å². The van der Waals surface area contributed by atoms with Gasteiger partial charge in [-0.1, -0.05) is 30.3 Å². The summed E-state index contributed by atoms with van der Waals surface area (Å²) in [7, 11) is 0. The molecule has 0 amide bonds. The molecule has 4 rings (SSSR count). The van der Waals surface area contributed by atoms with Crippen LogP contribution in [0.15, 0.2) is 42.7 Å². The monoisotopic (exact) mass is 221 g/mol. The molecule has 4 atom stereocenters. The van der Waals surface area contributed by atoms with E-state index in [1.54, 1.807) is 0 Å². The number of nitriles is 1. The summed E-state index contributed by atoms with van der Waals surface area (Å²) in [5, 5.41) is 9.24. The molecule has 1 fully saturated rings. The third kappa shape index (κ3) is 0.994. The van der Waals surface area contributed by atoms with Crippen molar-refractivity contribution in [3.05, 3.63) is 53.8 Å². The molecule has 1 aromatic rings. The number of hydrogen-bond donors (Lipinski definition) is 0. The first kappa shape index (κ1) is 9.07. The molecule has 0 unspecified atom stereocenters. The maximum absolute atomic E-state index is 9.24. The van der Waals surface area contributed by atoms with Gasteiger partial charge in [-0.15, -0.1) is 0 Å². The van der Waals surface area contributed by atoms with Crippen LogP contribution >= 0.6 is 0 Å². The topological polar surface area (TPSA) is 33.0 Å². The molecule has 17 heavy (non-hydrogen) atoms. The molecule has 1 aromatic carbocycles. The van der Waals surface area contributed by atoms with Crippen LogP contribution in [0, 0.1) is 23.2 Å². The van der Waals surface area contributed by atoms with Gasteiger partial charge in [0.1, 0.15) is 6.10 Å². The maximum Gasteiger partial charge on any atom is 0.112 e. The Morgan fingerprint density at radius 3 is 2.94 bits per heavy atom. The van der Waals surface area contributed by atoms with Crippen LogP contribution in [0.1, 0.15) is 17.0 Å². The van der Waals surface area contributed by atoms with Crippen LogP contribution in [0.4, 0.5) is 0 Å². The first-order valence-corrected chi connectivity index (χ1v) is 5.93. The molecule has 2 heteroatoms. The van der Waals surface area contributed by atoms with Gasteiger partial charge in [0.2, 0.25) is 0 Å². The predicted molar refractivity (Wildman–Crippen MR) is 63.8 cm³/mol. The SMILES string of the molecule is N#CC1=C[C@@H]2[C@@H]3C=CO[C@@H]3[C@@H]2c2ccccc21.